The van der Waals surface area contributed by atoms with Gasteiger partial charge in [0.25, 0.3) is 0 Å². The highest BCUT2D eigenvalue weighted by Gasteiger charge is 2.14. The summed E-state index contributed by atoms with van der Waals surface area (Å²) in [6.07, 6.45) is 3.11. The predicted octanol–water partition coefficient (Wildman–Crippen LogP) is 3.02. The Labute approximate surface area is 176 Å². The molecule has 1 aliphatic rings. The topological polar surface area (TPSA) is 71.1 Å². The fourth-order valence-corrected chi connectivity index (χ4v) is 3.23. The normalized spacial score (nSPS) is 14.6. The number of piperazine rings is 1. The lowest BCUT2D eigenvalue weighted by molar-refractivity contribution is -0.132. The molecule has 1 N–H and O–H groups in total. The molecule has 30 heavy (non-hydrogen) atoms. The van der Waals surface area contributed by atoms with E-state index in [9.17, 15) is 9.59 Å². The molecule has 1 heterocycles. The summed E-state index contributed by atoms with van der Waals surface area (Å²) in [7, 11) is 3.62. The summed E-state index contributed by atoms with van der Waals surface area (Å²) in [5.41, 5.74) is 2.57. The van der Waals surface area contributed by atoms with E-state index in [-0.39, 0.29) is 5.91 Å². The van der Waals surface area contributed by atoms with Gasteiger partial charge in [-0.15, -0.1) is 0 Å². The Hall–Kier alpha value is -3.32. The molecule has 1 saturated heterocycles. The molecule has 1 aliphatic heterocycles. The van der Waals surface area contributed by atoms with Crippen molar-refractivity contribution in [2.24, 2.45) is 0 Å². The Balaban J connectivity index is 1.65. The van der Waals surface area contributed by atoms with Gasteiger partial charge in [0.15, 0.2) is 11.5 Å². The molecule has 7 heteroatoms. The van der Waals surface area contributed by atoms with Gasteiger partial charge in [0.1, 0.15) is 0 Å². The van der Waals surface area contributed by atoms with Gasteiger partial charge >= 0.3 is 5.97 Å². The van der Waals surface area contributed by atoms with E-state index in [1.165, 1.54) is 20.1 Å². The van der Waals surface area contributed by atoms with Gasteiger partial charge in [0, 0.05) is 50.6 Å². The van der Waals surface area contributed by atoms with Gasteiger partial charge in [0.2, 0.25) is 5.91 Å². The summed E-state index contributed by atoms with van der Waals surface area (Å²) in [6.45, 7) is 5.31. The summed E-state index contributed by atoms with van der Waals surface area (Å²) >= 11 is 0. The van der Waals surface area contributed by atoms with Gasteiger partial charge in [-0.25, -0.2) is 0 Å². The maximum Gasteiger partial charge on any atom is 0.308 e. The number of anilines is 2. The highest BCUT2D eigenvalue weighted by Crippen LogP contribution is 2.28. The van der Waals surface area contributed by atoms with Crippen molar-refractivity contribution in [2.45, 2.75) is 6.92 Å². The van der Waals surface area contributed by atoms with Crippen LogP contribution >= 0.6 is 0 Å². The lowest BCUT2D eigenvalue weighted by Crippen LogP contribution is -2.44. The van der Waals surface area contributed by atoms with E-state index in [2.05, 4.69) is 28.2 Å². The van der Waals surface area contributed by atoms with E-state index in [1.807, 2.05) is 18.2 Å². The largest absolute Gasteiger partial charge is 0.493 e. The molecule has 1 amide bonds. The lowest BCUT2D eigenvalue weighted by Gasteiger charge is -2.34. The first kappa shape index (κ1) is 21.4. The third-order valence-electron chi connectivity index (χ3n) is 4.85. The van der Waals surface area contributed by atoms with E-state index in [4.69, 9.17) is 9.47 Å². The molecule has 0 atom stereocenters. The van der Waals surface area contributed by atoms with E-state index in [1.54, 1.807) is 24.3 Å². The minimum atomic E-state index is -0.438. The number of rotatable bonds is 6. The second-order valence-corrected chi connectivity index (χ2v) is 7.17. The first-order valence-electron chi connectivity index (χ1n) is 9.83. The Morgan fingerprint density at radius 2 is 1.80 bits per heavy atom. The average molecular weight is 409 g/mol. The molecule has 0 unspecified atom stereocenters. The minimum Gasteiger partial charge on any atom is -0.493 e. The first-order chi connectivity index (χ1) is 14.4. The molecule has 0 saturated carbocycles. The van der Waals surface area contributed by atoms with Crippen molar-refractivity contribution in [3.8, 4) is 11.5 Å². The van der Waals surface area contributed by atoms with Crippen molar-refractivity contribution in [1.29, 1.82) is 0 Å². The molecule has 7 nitrogen and oxygen atoms in total. The second kappa shape index (κ2) is 9.93. The summed E-state index contributed by atoms with van der Waals surface area (Å²) in [6, 6.07) is 13.0. The third kappa shape index (κ3) is 5.84. The third-order valence-corrected chi connectivity index (χ3v) is 4.85. The summed E-state index contributed by atoms with van der Waals surface area (Å²) in [5.74, 6) is 0.0859. The Bertz CT molecular complexity index is 934. The van der Waals surface area contributed by atoms with Gasteiger partial charge in [-0.2, -0.15) is 0 Å². The van der Waals surface area contributed by atoms with Crippen LogP contribution in [-0.2, 0) is 9.59 Å². The SMILES string of the molecule is COc1ccc(/C=C/C(=O)Nc2cccc(N3CCN(C)CC3)c2)cc1OC(C)=O. The Morgan fingerprint density at radius 3 is 2.50 bits per heavy atom. The van der Waals surface area contributed by atoms with Crippen LogP contribution in [0, 0.1) is 0 Å². The zero-order valence-corrected chi connectivity index (χ0v) is 17.6. The number of nitrogens with one attached hydrogen (secondary N) is 1. The van der Waals surface area contributed by atoms with Crippen LogP contribution in [0.4, 0.5) is 11.4 Å². The van der Waals surface area contributed by atoms with Gasteiger partial charge in [-0.3, -0.25) is 9.59 Å². The van der Waals surface area contributed by atoms with Crippen LogP contribution in [0.15, 0.2) is 48.5 Å². The van der Waals surface area contributed by atoms with Gasteiger partial charge in [0.05, 0.1) is 7.11 Å². The number of carbonyl (C=O) groups is 2. The molecule has 0 radical (unpaired) electrons. The molecule has 3 rings (SSSR count). The van der Waals surface area contributed by atoms with E-state index < -0.39 is 5.97 Å². The number of benzene rings is 2. The monoisotopic (exact) mass is 409 g/mol. The second-order valence-electron chi connectivity index (χ2n) is 7.17. The van der Waals surface area contributed by atoms with Crippen molar-refractivity contribution in [2.75, 3.05) is 50.6 Å². The molecule has 0 aromatic heterocycles. The number of amides is 1. The van der Waals surface area contributed by atoms with Gasteiger partial charge < -0.3 is 24.6 Å². The summed E-state index contributed by atoms with van der Waals surface area (Å²) < 4.78 is 10.3. The van der Waals surface area contributed by atoms with Gasteiger partial charge in [-0.05, 0) is 49.0 Å². The molecule has 2 aromatic rings. The first-order valence-corrected chi connectivity index (χ1v) is 9.83. The molecule has 0 aliphatic carbocycles. The highest BCUT2D eigenvalue weighted by atomic mass is 16.6. The van der Waals surface area contributed by atoms with Crippen LogP contribution in [0.1, 0.15) is 12.5 Å². The number of hydrogen-bond donors (Lipinski definition) is 1. The number of ether oxygens (including phenoxy) is 2. The van der Waals surface area contributed by atoms with Crippen molar-refractivity contribution in [3.63, 3.8) is 0 Å². The number of hydrogen-bond acceptors (Lipinski definition) is 6. The van der Waals surface area contributed by atoms with Gasteiger partial charge in [-0.1, -0.05) is 12.1 Å². The van der Waals surface area contributed by atoms with Crippen molar-refractivity contribution >= 4 is 29.3 Å². The Kier molecular flexibility index (Phi) is 7.08. The fourth-order valence-electron chi connectivity index (χ4n) is 3.23. The van der Waals surface area contributed by atoms with E-state index in [0.717, 1.165) is 37.6 Å². The van der Waals surface area contributed by atoms with Crippen LogP contribution in [0.5, 0.6) is 11.5 Å². The zero-order valence-electron chi connectivity index (χ0n) is 17.6. The quantitative estimate of drug-likeness (QED) is 0.449. The number of nitrogens with zero attached hydrogens (tertiary/aromatic N) is 2. The molecule has 0 bridgehead atoms. The van der Waals surface area contributed by atoms with Crippen molar-refractivity contribution in [3.05, 3.63) is 54.1 Å². The molecule has 1 fully saturated rings. The molecule has 2 aromatic carbocycles. The number of carbonyl (C=O) groups excluding carboxylic acids is 2. The summed E-state index contributed by atoms with van der Waals surface area (Å²) in [4.78, 5) is 28.3. The highest BCUT2D eigenvalue weighted by molar-refractivity contribution is 6.02. The molecular weight excluding hydrogens is 382 g/mol. The predicted molar refractivity (Wildman–Crippen MR) is 118 cm³/mol. The van der Waals surface area contributed by atoms with E-state index in [0.29, 0.717) is 17.1 Å². The van der Waals surface area contributed by atoms with Crippen LogP contribution in [0.2, 0.25) is 0 Å². The standard InChI is InChI=1S/C23H27N3O4/c1-17(27)30-22-15-18(7-9-21(22)29-3)8-10-23(28)24-19-5-4-6-20(16-19)26-13-11-25(2)12-14-26/h4-10,15-16H,11-14H2,1-3H3,(H,24,28)/b10-8+. The zero-order chi connectivity index (χ0) is 21.5. The Morgan fingerprint density at radius 1 is 1.03 bits per heavy atom. The molecule has 0 spiro atoms. The number of likely N-dealkylation sites (N-methyl/N-ethyl adjacent to an activating group) is 1. The van der Waals surface area contributed by atoms with Crippen LogP contribution < -0.4 is 19.7 Å². The van der Waals surface area contributed by atoms with E-state index >= 15 is 0 Å². The smallest absolute Gasteiger partial charge is 0.308 e. The lowest BCUT2D eigenvalue weighted by atomic mass is 10.2. The number of esters is 1. The molecular formula is C23H27N3O4. The maximum absolute atomic E-state index is 12.4. The van der Waals surface area contributed by atoms with Crippen LogP contribution in [-0.4, -0.2) is 57.1 Å². The van der Waals surface area contributed by atoms with Crippen LogP contribution in [0.25, 0.3) is 6.08 Å². The minimum absolute atomic E-state index is 0.240. The fraction of sp³-hybridized carbons (Fsp3) is 0.304. The van der Waals surface area contributed by atoms with Crippen LogP contribution in [0.3, 0.4) is 0 Å². The number of methoxy groups -OCH3 is 1. The molecule has 158 valence electrons. The average Bonchev–Trinajstić information content (AvgIpc) is 2.73. The van der Waals surface area contributed by atoms with Crippen molar-refractivity contribution < 1.29 is 19.1 Å². The maximum atomic E-state index is 12.4. The summed E-state index contributed by atoms with van der Waals surface area (Å²) in [5, 5.41) is 2.90. The van der Waals surface area contributed by atoms with Crippen molar-refractivity contribution in [1.82, 2.24) is 4.90 Å².